The number of amides is 1. The standard InChI is InChI=1S/C15H14FN3O3/c1-17-13-7-6-10(8-14(13)19(21)22)15(20)18-9-11-4-2-3-5-12(11)16/h2-8,17H,9H2,1H3,(H,18,20). The molecular weight excluding hydrogens is 289 g/mol. The summed E-state index contributed by atoms with van der Waals surface area (Å²) in [5.74, 6) is -0.923. The van der Waals surface area contributed by atoms with Crippen LogP contribution in [0.1, 0.15) is 15.9 Å². The molecule has 0 aliphatic carbocycles. The van der Waals surface area contributed by atoms with Gasteiger partial charge in [-0.1, -0.05) is 18.2 Å². The maximum atomic E-state index is 13.5. The molecule has 114 valence electrons. The predicted molar refractivity (Wildman–Crippen MR) is 80.2 cm³/mol. The Balaban J connectivity index is 2.15. The molecule has 7 heteroatoms. The highest BCUT2D eigenvalue weighted by molar-refractivity contribution is 5.95. The lowest BCUT2D eigenvalue weighted by Crippen LogP contribution is -2.23. The molecule has 2 rings (SSSR count). The fraction of sp³-hybridized carbons (Fsp3) is 0.133. The van der Waals surface area contributed by atoms with Crippen LogP contribution in [0.15, 0.2) is 42.5 Å². The molecule has 0 saturated heterocycles. The van der Waals surface area contributed by atoms with E-state index in [-0.39, 0.29) is 17.8 Å². The summed E-state index contributed by atoms with van der Waals surface area (Å²) in [6.07, 6.45) is 0. The topological polar surface area (TPSA) is 84.3 Å². The number of hydrogen-bond acceptors (Lipinski definition) is 4. The second-order valence-electron chi connectivity index (χ2n) is 4.51. The van der Waals surface area contributed by atoms with E-state index in [0.29, 0.717) is 11.3 Å². The molecule has 22 heavy (non-hydrogen) atoms. The van der Waals surface area contributed by atoms with Crippen LogP contribution in [0, 0.1) is 15.9 Å². The highest BCUT2D eigenvalue weighted by Gasteiger charge is 2.16. The molecule has 0 aromatic heterocycles. The smallest absolute Gasteiger partial charge is 0.293 e. The summed E-state index contributed by atoms with van der Waals surface area (Å²) in [5.41, 5.74) is 0.607. The monoisotopic (exact) mass is 303 g/mol. The molecule has 0 spiro atoms. The number of nitrogens with zero attached hydrogens (tertiary/aromatic N) is 1. The van der Waals surface area contributed by atoms with Crippen molar-refractivity contribution in [3.8, 4) is 0 Å². The number of halogens is 1. The van der Waals surface area contributed by atoms with E-state index in [1.54, 1.807) is 25.2 Å². The third kappa shape index (κ3) is 3.38. The lowest BCUT2D eigenvalue weighted by atomic mass is 10.1. The molecule has 0 bridgehead atoms. The first-order chi connectivity index (χ1) is 10.5. The van der Waals surface area contributed by atoms with E-state index >= 15 is 0 Å². The zero-order chi connectivity index (χ0) is 16.1. The number of carbonyl (C=O) groups excluding carboxylic acids is 1. The van der Waals surface area contributed by atoms with E-state index < -0.39 is 16.6 Å². The van der Waals surface area contributed by atoms with Gasteiger partial charge in [0.05, 0.1) is 4.92 Å². The molecule has 2 aromatic carbocycles. The van der Waals surface area contributed by atoms with Gasteiger partial charge in [-0.3, -0.25) is 14.9 Å². The Kier molecular flexibility index (Phi) is 4.67. The van der Waals surface area contributed by atoms with E-state index in [9.17, 15) is 19.3 Å². The van der Waals surface area contributed by atoms with Crippen molar-refractivity contribution in [1.82, 2.24) is 5.32 Å². The van der Waals surface area contributed by atoms with Gasteiger partial charge in [-0.2, -0.15) is 0 Å². The van der Waals surface area contributed by atoms with Crippen molar-refractivity contribution in [1.29, 1.82) is 0 Å². The second kappa shape index (κ2) is 6.66. The fourth-order valence-electron chi connectivity index (χ4n) is 1.95. The maximum Gasteiger partial charge on any atom is 0.293 e. The summed E-state index contributed by atoms with van der Waals surface area (Å²) in [5, 5.41) is 16.2. The van der Waals surface area contributed by atoms with Crippen LogP contribution >= 0.6 is 0 Å². The number of anilines is 1. The van der Waals surface area contributed by atoms with Crippen LogP contribution < -0.4 is 10.6 Å². The SMILES string of the molecule is CNc1ccc(C(=O)NCc2ccccc2F)cc1[N+](=O)[O-]. The molecule has 0 saturated carbocycles. The van der Waals surface area contributed by atoms with Crippen LogP contribution in [-0.2, 0) is 6.54 Å². The molecule has 0 radical (unpaired) electrons. The Morgan fingerprint density at radius 2 is 2.00 bits per heavy atom. The lowest BCUT2D eigenvalue weighted by Gasteiger charge is -2.08. The summed E-state index contributed by atoms with van der Waals surface area (Å²) in [4.78, 5) is 22.4. The summed E-state index contributed by atoms with van der Waals surface area (Å²) in [6.45, 7) is 0.00703. The van der Waals surface area contributed by atoms with Gasteiger partial charge in [0, 0.05) is 30.8 Å². The van der Waals surface area contributed by atoms with Crippen molar-refractivity contribution >= 4 is 17.3 Å². The number of rotatable bonds is 5. The van der Waals surface area contributed by atoms with Crippen LogP contribution in [0.5, 0.6) is 0 Å². The molecule has 0 unspecified atom stereocenters. The highest BCUT2D eigenvalue weighted by atomic mass is 19.1. The van der Waals surface area contributed by atoms with E-state index in [1.165, 1.54) is 24.3 Å². The lowest BCUT2D eigenvalue weighted by molar-refractivity contribution is -0.384. The largest absolute Gasteiger partial charge is 0.383 e. The minimum absolute atomic E-state index is 0.00703. The Hall–Kier alpha value is -2.96. The zero-order valence-corrected chi connectivity index (χ0v) is 11.8. The first kappa shape index (κ1) is 15.4. The van der Waals surface area contributed by atoms with Gasteiger partial charge in [0.15, 0.2) is 0 Å². The molecule has 2 N–H and O–H groups in total. The Bertz CT molecular complexity index is 719. The number of nitrogens with one attached hydrogen (secondary N) is 2. The molecule has 0 fully saturated rings. The van der Waals surface area contributed by atoms with Crippen LogP contribution in [0.4, 0.5) is 15.8 Å². The fourth-order valence-corrected chi connectivity index (χ4v) is 1.95. The molecular formula is C15H14FN3O3. The van der Waals surface area contributed by atoms with Crippen molar-refractivity contribution in [2.45, 2.75) is 6.54 Å². The number of nitro benzene ring substituents is 1. The van der Waals surface area contributed by atoms with Crippen LogP contribution in [-0.4, -0.2) is 17.9 Å². The van der Waals surface area contributed by atoms with E-state index in [0.717, 1.165) is 0 Å². The van der Waals surface area contributed by atoms with Crippen molar-refractivity contribution in [2.24, 2.45) is 0 Å². The first-order valence-electron chi connectivity index (χ1n) is 6.50. The quantitative estimate of drug-likeness (QED) is 0.657. The highest BCUT2D eigenvalue weighted by Crippen LogP contribution is 2.25. The zero-order valence-electron chi connectivity index (χ0n) is 11.8. The Labute approximate surface area is 126 Å². The van der Waals surface area contributed by atoms with Gasteiger partial charge >= 0.3 is 0 Å². The van der Waals surface area contributed by atoms with Crippen LogP contribution in [0.25, 0.3) is 0 Å². The average molecular weight is 303 g/mol. The Morgan fingerprint density at radius 1 is 1.27 bits per heavy atom. The van der Waals surface area contributed by atoms with Gasteiger partial charge in [0.2, 0.25) is 0 Å². The minimum Gasteiger partial charge on any atom is -0.383 e. The number of benzene rings is 2. The van der Waals surface area contributed by atoms with Crippen LogP contribution in [0.3, 0.4) is 0 Å². The summed E-state index contributed by atoms with van der Waals surface area (Å²) in [6, 6.07) is 10.2. The second-order valence-corrected chi connectivity index (χ2v) is 4.51. The number of nitro groups is 1. The molecule has 1 amide bonds. The van der Waals surface area contributed by atoms with Crippen molar-refractivity contribution in [2.75, 3.05) is 12.4 Å². The van der Waals surface area contributed by atoms with Gasteiger partial charge in [-0.15, -0.1) is 0 Å². The molecule has 0 atom stereocenters. The normalized spacial score (nSPS) is 10.1. The van der Waals surface area contributed by atoms with Gasteiger partial charge in [-0.25, -0.2) is 4.39 Å². The Morgan fingerprint density at radius 3 is 2.64 bits per heavy atom. The summed E-state index contributed by atoms with van der Waals surface area (Å²) >= 11 is 0. The number of hydrogen-bond donors (Lipinski definition) is 2. The third-order valence-electron chi connectivity index (χ3n) is 3.12. The molecule has 2 aromatic rings. The predicted octanol–water partition coefficient (Wildman–Crippen LogP) is 2.71. The van der Waals surface area contributed by atoms with Crippen molar-refractivity contribution in [3.05, 3.63) is 69.5 Å². The van der Waals surface area contributed by atoms with Gasteiger partial charge in [0.25, 0.3) is 11.6 Å². The van der Waals surface area contributed by atoms with Crippen LogP contribution in [0.2, 0.25) is 0 Å². The van der Waals surface area contributed by atoms with E-state index in [1.807, 2.05) is 0 Å². The summed E-state index contributed by atoms with van der Waals surface area (Å²) in [7, 11) is 1.56. The van der Waals surface area contributed by atoms with Gasteiger partial charge in [-0.05, 0) is 18.2 Å². The average Bonchev–Trinajstić information content (AvgIpc) is 2.53. The van der Waals surface area contributed by atoms with Crippen molar-refractivity contribution in [3.63, 3.8) is 0 Å². The van der Waals surface area contributed by atoms with Gasteiger partial charge in [0.1, 0.15) is 11.5 Å². The minimum atomic E-state index is -0.570. The van der Waals surface area contributed by atoms with Crippen molar-refractivity contribution < 1.29 is 14.1 Å². The maximum absolute atomic E-state index is 13.5. The summed E-state index contributed by atoms with van der Waals surface area (Å²) < 4.78 is 13.5. The molecule has 6 nitrogen and oxygen atoms in total. The number of carbonyl (C=O) groups is 1. The third-order valence-corrected chi connectivity index (χ3v) is 3.12. The van der Waals surface area contributed by atoms with E-state index in [2.05, 4.69) is 10.6 Å². The molecule has 0 aliphatic heterocycles. The first-order valence-corrected chi connectivity index (χ1v) is 6.50. The molecule has 0 heterocycles. The van der Waals surface area contributed by atoms with Gasteiger partial charge < -0.3 is 10.6 Å². The molecule has 0 aliphatic rings. The van der Waals surface area contributed by atoms with E-state index in [4.69, 9.17) is 0 Å².